The van der Waals surface area contributed by atoms with Crippen molar-refractivity contribution < 1.29 is 9.53 Å². The zero-order valence-corrected chi connectivity index (χ0v) is 11.0. The van der Waals surface area contributed by atoms with E-state index in [0.29, 0.717) is 12.0 Å². The summed E-state index contributed by atoms with van der Waals surface area (Å²) in [6, 6.07) is 0.552. The summed E-state index contributed by atoms with van der Waals surface area (Å²) >= 11 is 0. The fourth-order valence-electron chi connectivity index (χ4n) is 1.79. The second-order valence-corrected chi connectivity index (χ2v) is 5.77. The third-order valence-corrected chi connectivity index (χ3v) is 2.70. The lowest BCUT2D eigenvalue weighted by Gasteiger charge is -2.38. The highest BCUT2D eigenvalue weighted by atomic mass is 16.6. The first-order valence-electron chi connectivity index (χ1n) is 6.02. The average molecular weight is 228 g/mol. The van der Waals surface area contributed by atoms with E-state index in [1.54, 1.807) is 0 Å². The van der Waals surface area contributed by atoms with Gasteiger partial charge in [0.05, 0.1) is 0 Å². The van der Waals surface area contributed by atoms with E-state index >= 15 is 0 Å². The van der Waals surface area contributed by atoms with Crippen LogP contribution in [-0.4, -0.2) is 30.3 Å². The quantitative estimate of drug-likeness (QED) is 0.775. The molecule has 1 aliphatic rings. The number of ether oxygens (including phenoxy) is 1. The molecule has 1 saturated heterocycles. The number of alkyl carbamates (subject to hydrolysis) is 1. The molecule has 0 radical (unpaired) electrons. The van der Waals surface area contributed by atoms with Crippen molar-refractivity contribution >= 4 is 6.09 Å². The second-order valence-electron chi connectivity index (χ2n) is 5.77. The van der Waals surface area contributed by atoms with E-state index in [1.807, 2.05) is 20.8 Å². The molecule has 1 heterocycles. The molecule has 4 heteroatoms. The Kier molecular flexibility index (Phi) is 4.19. The smallest absolute Gasteiger partial charge is 0.407 e. The Morgan fingerprint density at radius 3 is 2.31 bits per heavy atom. The maximum Gasteiger partial charge on any atom is 0.407 e. The van der Waals surface area contributed by atoms with E-state index in [2.05, 4.69) is 24.5 Å². The van der Waals surface area contributed by atoms with Crippen LogP contribution in [0.15, 0.2) is 0 Å². The van der Waals surface area contributed by atoms with Gasteiger partial charge in [-0.25, -0.2) is 4.79 Å². The molecule has 2 N–H and O–H groups in total. The number of carbonyl (C=O) groups excluding carboxylic acids is 1. The molecule has 0 aromatic heterocycles. The largest absolute Gasteiger partial charge is 0.444 e. The van der Waals surface area contributed by atoms with E-state index in [9.17, 15) is 4.79 Å². The summed E-state index contributed by atoms with van der Waals surface area (Å²) in [6.45, 7) is 10.9. The highest BCUT2D eigenvalue weighted by Crippen LogP contribution is 2.16. The second kappa shape index (κ2) is 5.04. The third-order valence-electron chi connectivity index (χ3n) is 2.70. The molecule has 2 atom stereocenters. The van der Waals surface area contributed by atoms with Gasteiger partial charge in [-0.3, -0.25) is 0 Å². The van der Waals surface area contributed by atoms with Gasteiger partial charge in [0.1, 0.15) is 5.60 Å². The van der Waals surface area contributed by atoms with Gasteiger partial charge in [0.15, 0.2) is 0 Å². The molecule has 0 aromatic carbocycles. The SMILES string of the molecule is CC(C)C(NC(=O)OC(C)(C)C)C1CCN1. The first kappa shape index (κ1) is 13.3. The van der Waals surface area contributed by atoms with Crippen molar-refractivity contribution in [3.8, 4) is 0 Å². The van der Waals surface area contributed by atoms with Crippen molar-refractivity contribution in [3.05, 3.63) is 0 Å². The highest BCUT2D eigenvalue weighted by Gasteiger charge is 2.31. The number of rotatable bonds is 3. The molecular formula is C12H24N2O2. The van der Waals surface area contributed by atoms with Gasteiger partial charge < -0.3 is 15.4 Å². The molecular weight excluding hydrogens is 204 g/mol. The number of amides is 1. The van der Waals surface area contributed by atoms with Crippen LogP contribution in [0, 0.1) is 5.92 Å². The molecule has 4 nitrogen and oxygen atoms in total. The topological polar surface area (TPSA) is 50.4 Å². The molecule has 1 amide bonds. The van der Waals surface area contributed by atoms with E-state index in [0.717, 1.165) is 13.0 Å². The first-order chi connectivity index (χ1) is 7.29. The third kappa shape index (κ3) is 4.00. The standard InChI is InChI=1S/C12H24N2O2/c1-8(2)10(9-6-7-13-9)14-11(15)16-12(3,4)5/h8-10,13H,6-7H2,1-5H3,(H,14,15). The Hall–Kier alpha value is -0.770. The van der Waals surface area contributed by atoms with Gasteiger partial charge in [0.25, 0.3) is 0 Å². The lowest BCUT2D eigenvalue weighted by atomic mass is 9.90. The maximum absolute atomic E-state index is 11.7. The van der Waals surface area contributed by atoms with Crippen molar-refractivity contribution in [2.75, 3.05) is 6.54 Å². The average Bonchev–Trinajstić information content (AvgIpc) is 1.95. The van der Waals surface area contributed by atoms with Crippen LogP contribution in [0.3, 0.4) is 0 Å². The van der Waals surface area contributed by atoms with Crippen LogP contribution in [0.5, 0.6) is 0 Å². The van der Waals surface area contributed by atoms with Crippen LogP contribution in [-0.2, 0) is 4.74 Å². The van der Waals surface area contributed by atoms with Gasteiger partial charge >= 0.3 is 6.09 Å². The Morgan fingerprint density at radius 2 is 2.00 bits per heavy atom. The molecule has 1 rings (SSSR count). The number of hydrogen-bond acceptors (Lipinski definition) is 3. The van der Waals surface area contributed by atoms with Gasteiger partial charge in [-0.2, -0.15) is 0 Å². The van der Waals surface area contributed by atoms with Crippen LogP contribution in [0.4, 0.5) is 4.79 Å². The zero-order chi connectivity index (χ0) is 12.3. The Bertz CT molecular complexity index is 242. The van der Waals surface area contributed by atoms with Crippen molar-refractivity contribution in [1.29, 1.82) is 0 Å². The van der Waals surface area contributed by atoms with Gasteiger partial charge in [-0.15, -0.1) is 0 Å². The van der Waals surface area contributed by atoms with Crippen molar-refractivity contribution in [2.45, 2.75) is 58.7 Å². The fourth-order valence-corrected chi connectivity index (χ4v) is 1.79. The van der Waals surface area contributed by atoms with E-state index in [1.165, 1.54) is 0 Å². The fraction of sp³-hybridized carbons (Fsp3) is 0.917. The molecule has 0 spiro atoms. The first-order valence-corrected chi connectivity index (χ1v) is 6.02. The van der Waals surface area contributed by atoms with Crippen LogP contribution < -0.4 is 10.6 Å². The summed E-state index contributed by atoms with van der Waals surface area (Å²) in [7, 11) is 0. The van der Waals surface area contributed by atoms with E-state index < -0.39 is 5.60 Å². The van der Waals surface area contributed by atoms with Crippen molar-refractivity contribution in [1.82, 2.24) is 10.6 Å². The predicted molar refractivity (Wildman–Crippen MR) is 64.4 cm³/mol. The molecule has 0 bridgehead atoms. The summed E-state index contributed by atoms with van der Waals surface area (Å²) in [5.41, 5.74) is -0.432. The van der Waals surface area contributed by atoms with Gasteiger partial charge in [-0.05, 0) is 39.7 Å². The van der Waals surface area contributed by atoms with Gasteiger partial charge in [0.2, 0.25) is 0 Å². The minimum atomic E-state index is -0.432. The van der Waals surface area contributed by atoms with Crippen molar-refractivity contribution in [3.63, 3.8) is 0 Å². The Balaban J connectivity index is 2.45. The molecule has 16 heavy (non-hydrogen) atoms. The minimum absolute atomic E-state index is 0.156. The van der Waals surface area contributed by atoms with E-state index in [4.69, 9.17) is 4.74 Å². The monoisotopic (exact) mass is 228 g/mol. The molecule has 1 aliphatic heterocycles. The summed E-state index contributed by atoms with van der Waals surface area (Å²) in [4.78, 5) is 11.7. The predicted octanol–water partition coefficient (Wildman–Crippen LogP) is 1.90. The number of nitrogens with one attached hydrogen (secondary N) is 2. The normalized spacial score (nSPS) is 22.5. The van der Waals surface area contributed by atoms with Crippen LogP contribution >= 0.6 is 0 Å². The molecule has 0 saturated carbocycles. The zero-order valence-electron chi connectivity index (χ0n) is 11.0. The van der Waals surface area contributed by atoms with Crippen LogP contribution in [0.25, 0.3) is 0 Å². The molecule has 1 fully saturated rings. The molecule has 94 valence electrons. The van der Waals surface area contributed by atoms with E-state index in [-0.39, 0.29) is 12.1 Å². The number of carbonyl (C=O) groups is 1. The number of hydrogen-bond donors (Lipinski definition) is 2. The van der Waals surface area contributed by atoms with Crippen LogP contribution in [0.2, 0.25) is 0 Å². The molecule has 2 unspecified atom stereocenters. The minimum Gasteiger partial charge on any atom is -0.444 e. The lowest BCUT2D eigenvalue weighted by Crippen LogP contribution is -2.59. The van der Waals surface area contributed by atoms with Gasteiger partial charge in [-0.1, -0.05) is 13.8 Å². The van der Waals surface area contributed by atoms with Gasteiger partial charge in [0, 0.05) is 12.1 Å². The summed E-state index contributed by atoms with van der Waals surface area (Å²) in [6.07, 6.45) is 0.804. The highest BCUT2D eigenvalue weighted by molar-refractivity contribution is 5.68. The van der Waals surface area contributed by atoms with Crippen LogP contribution in [0.1, 0.15) is 41.0 Å². The summed E-state index contributed by atoms with van der Waals surface area (Å²) in [5, 5.41) is 6.28. The summed E-state index contributed by atoms with van der Waals surface area (Å²) < 4.78 is 5.26. The summed E-state index contributed by atoms with van der Waals surface area (Å²) in [5.74, 6) is 0.408. The molecule has 0 aromatic rings. The lowest BCUT2D eigenvalue weighted by molar-refractivity contribution is 0.0460. The molecule has 0 aliphatic carbocycles. The Morgan fingerprint density at radius 1 is 1.44 bits per heavy atom. The van der Waals surface area contributed by atoms with Crippen molar-refractivity contribution in [2.24, 2.45) is 5.92 Å². The Labute approximate surface area is 98.1 Å². The maximum atomic E-state index is 11.7.